The van der Waals surface area contributed by atoms with E-state index in [0.717, 1.165) is 22.3 Å². The van der Waals surface area contributed by atoms with E-state index in [4.69, 9.17) is 15.2 Å². The van der Waals surface area contributed by atoms with E-state index in [1.807, 2.05) is 36.4 Å². The van der Waals surface area contributed by atoms with E-state index in [-0.39, 0.29) is 19.1 Å². The molecule has 0 aromatic heterocycles. The topological polar surface area (TPSA) is 114 Å². The molecule has 0 saturated carbocycles. The highest BCUT2D eigenvalue weighted by Gasteiger charge is 2.29. The van der Waals surface area contributed by atoms with Gasteiger partial charge < -0.3 is 30.7 Å². The number of benzene rings is 4. The van der Waals surface area contributed by atoms with Gasteiger partial charge >= 0.3 is 6.09 Å². The summed E-state index contributed by atoms with van der Waals surface area (Å²) in [5.41, 5.74) is 11.4. The molecule has 0 fully saturated rings. The third-order valence-electron chi connectivity index (χ3n) is 6.50. The minimum Gasteiger partial charge on any atom is -0.457 e. The van der Waals surface area contributed by atoms with Crippen LogP contribution in [0.3, 0.4) is 0 Å². The number of anilines is 1. The zero-order valence-corrected chi connectivity index (χ0v) is 20.1. The number of fused-ring (bicyclic) bond motifs is 3. The Morgan fingerprint density at radius 2 is 1.35 bits per heavy atom. The molecule has 188 valence electrons. The van der Waals surface area contributed by atoms with Crippen molar-refractivity contribution < 1.29 is 24.5 Å². The van der Waals surface area contributed by atoms with Crippen molar-refractivity contribution in [2.75, 3.05) is 18.9 Å². The molecule has 0 heterocycles. The second kappa shape index (κ2) is 10.7. The Hall–Kier alpha value is -4.33. The zero-order chi connectivity index (χ0) is 25.8. The lowest BCUT2D eigenvalue weighted by atomic mass is 9.98. The van der Waals surface area contributed by atoms with Crippen molar-refractivity contribution in [2.24, 2.45) is 0 Å². The third kappa shape index (κ3) is 5.43. The highest BCUT2D eigenvalue weighted by Crippen LogP contribution is 2.44. The summed E-state index contributed by atoms with van der Waals surface area (Å²) in [5, 5.41) is 23.5. The van der Waals surface area contributed by atoms with Crippen LogP contribution in [0.4, 0.5) is 10.5 Å². The Bertz CT molecular complexity index is 1330. The number of ether oxygens (including phenoxy) is 2. The maximum atomic E-state index is 12.4. The maximum Gasteiger partial charge on any atom is 0.407 e. The standard InChI is InChI=1S/C30H28N2O5/c31-20-11-15-22(16-12-20)37-21-13-9-19(10-14-21)29(34)28(33)17-32-30(35)36-18-27-25-7-3-1-5-23(25)24-6-2-4-8-26(24)27/h1-16,27-29,33-34H,17-18,31H2,(H,32,35). The lowest BCUT2D eigenvalue weighted by Gasteiger charge is -2.19. The molecule has 2 atom stereocenters. The summed E-state index contributed by atoms with van der Waals surface area (Å²) in [4.78, 5) is 12.4. The van der Waals surface area contributed by atoms with Crippen LogP contribution in [0, 0.1) is 0 Å². The lowest BCUT2D eigenvalue weighted by Crippen LogP contribution is -2.36. The lowest BCUT2D eigenvalue weighted by molar-refractivity contribution is 0.0185. The van der Waals surface area contributed by atoms with Gasteiger partial charge in [0.2, 0.25) is 0 Å². The van der Waals surface area contributed by atoms with Crippen LogP contribution >= 0.6 is 0 Å². The number of nitrogen functional groups attached to an aromatic ring is 1. The Balaban J connectivity index is 1.12. The number of alkyl carbamates (subject to hydrolysis) is 1. The van der Waals surface area contributed by atoms with Crippen molar-refractivity contribution in [3.63, 3.8) is 0 Å². The molecule has 5 rings (SSSR count). The normalized spacial score (nSPS) is 13.8. The van der Waals surface area contributed by atoms with Gasteiger partial charge in [-0.3, -0.25) is 0 Å². The molecule has 0 spiro atoms. The fraction of sp³-hybridized carbons (Fsp3) is 0.167. The first-order chi connectivity index (χ1) is 18.0. The van der Waals surface area contributed by atoms with Crippen molar-refractivity contribution in [1.82, 2.24) is 5.32 Å². The van der Waals surface area contributed by atoms with Crippen LogP contribution in [-0.4, -0.2) is 35.6 Å². The summed E-state index contributed by atoms with van der Waals surface area (Å²) in [6.45, 7) is 0.00943. The number of carbonyl (C=O) groups is 1. The first-order valence-corrected chi connectivity index (χ1v) is 12.1. The molecule has 0 aliphatic heterocycles. The SMILES string of the molecule is Nc1ccc(Oc2ccc(C(O)C(O)CNC(=O)OCC3c4ccccc4-c4ccccc43)cc2)cc1. The highest BCUT2D eigenvalue weighted by molar-refractivity contribution is 5.79. The molecule has 1 amide bonds. The quantitative estimate of drug-likeness (QED) is 0.256. The molecule has 5 N–H and O–H groups in total. The average Bonchev–Trinajstić information content (AvgIpc) is 3.25. The van der Waals surface area contributed by atoms with Crippen molar-refractivity contribution >= 4 is 11.8 Å². The molecule has 1 aliphatic rings. The largest absolute Gasteiger partial charge is 0.457 e. The van der Waals surface area contributed by atoms with Gasteiger partial charge in [-0.05, 0) is 64.2 Å². The molecule has 7 heteroatoms. The van der Waals surface area contributed by atoms with Gasteiger partial charge in [0.15, 0.2) is 0 Å². The predicted octanol–water partition coefficient (Wildman–Crippen LogP) is 4.99. The van der Waals surface area contributed by atoms with Crippen LogP contribution in [0.2, 0.25) is 0 Å². The monoisotopic (exact) mass is 496 g/mol. The predicted molar refractivity (Wildman–Crippen MR) is 141 cm³/mol. The number of hydrogen-bond acceptors (Lipinski definition) is 6. The highest BCUT2D eigenvalue weighted by atomic mass is 16.5. The summed E-state index contributed by atoms with van der Waals surface area (Å²) >= 11 is 0. The van der Waals surface area contributed by atoms with Gasteiger partial charge in [-0.15, -0.1) is 0 Å². The Labute approximate surface area is 215 Å². The third-order valence-corrected chi connectivity index (χ3v) is 6.50. The number of nitrogens with two attached hydrogens (primary N) is 1. The van der Waals surface area contributed by atoms with E-state index in [1.54, 1.807) is 48.5 Å². The summed E-state index contributed by atoms with van der Waals surface area (Å²) < 4.78 is 11.2. The van der Waals surface area contributed by atoms with E-state index in [2.05, 4.69) is 17.4 Å². The summed E-state index contributed by atoms with van der Waals surface area (Å²) in [6, 6.07) is 29.9. The van der Waals surface area contributed by atoms with Crippen LogP contribution in [-0.2, 0) is 4.74 Å². The van der Waals surface area contributed by atoms with E-state index < -0.39 is 18.3 Å². The van der Waals surface area contributed by atoms with E-state index >= 15 is 0 Å². The molecule has 0 radical (unpaired) electrons. The number of hydrogen-bond donors (Lipinski definition) is 4. The molecule has 4 aromatic carbocycles. The minimum absolute atomic E-state index is 0.0531. The van der Waals surface area contributed by atoms with Crippen molar-refractivity contribution in [1.29, 1.82) is 0 Å². The molecule has 37 heavy (non-hydrogen) atoms. The molecule has 7 nitrogen and oxygen atoms in total. The Kier molecular flexibility index (Phi) is 7.07. The molecular weight excluding hydrogens is 468 g/mol. The van der Waals surface area contributed by atoms with Crippen LogP contribution in [0.5, 0.6) is 11.5 Å². The Morgan fingerprint density at radius 3 is 1.95 bits per heavy atom. The number of rotatable bonds is 8. The van der Waals surface area contributed by atoms with E-state index in [0.29, 0.717) is 22.7 Å². The van der Waals surface area contributed by atoms with Crippen molar-refractivity contribution in [2.45, 2.75) is 18.1 Å². The summed E-state index contributed by atoms with van der Waals surface area (Å²) in [7, 11) is 0. The van der Waals surface area contributed by atoms with Crippen LogP contribution in [0.25, 0.3) is 11.1 Å². The summed E-state index contributed by atoms with van der Waals surface area (Å²) in [5.74, 6) is 1.16. The fourth-order valence-electron chi connectivity index (χ4n) is 4.58. The molecule has 4 aromatic rings. The van der Waals surface area contributed by atoms with Crippen LogP contribution in [0.15, 0.2) is 97.1 Å². The van der Waals surface area contributed by atoms with E-state index in [9.17, 15) is 15.0 Å². The number of carbonyl (C=O) groups excluding carboxylic acids is 1. The smallest absolute Gasteiger partial charge is 0.407 e. The number of aliphatic hydroxyl groups excluding tert-OH is 2. The van der Waals surface area contributed by atoms with Gasteiger partial charge in [-0.25, -0.2) is 4.79 Å². The number of aliphatic hydroxyl groups is 2. The number of nitrogens with one attached hydrogen (secondary N) is 1. The van der Waals surface area contributed by atoms with Crippen LogP contribution in [0.1, 0.15) is 28.7 Å². The number of amides is 1. The first-order valence-electron chi connectivity index (χ1n) is 12.1. The Morgan fingerprint density at radius 1 is 0.811 bits per heavy atom. The fourth-order valence-corrected chi connectivity index (χ4v) is 4.58. The molecule has 0 saturated heterocycles. The van der Waals surface area contributed by atoms with E-state index in [1.165, 1.54) is 0 Å². The zero-order valence-electron chi connectivity index (χ0n) is 20.1. The average molecular weight is 497 g/mol. The maximum absolute atomic E-state index is 12.4. The van der Waals surface area contributed by atoms with Crippen molar-refractivity contribution in [3.05, 3.63) is 114 Å². The van der Waals surface area contributed by atoms with Gasteiger partial charge in [0.05, 0.1) is 0 Å². The molecule has 2 unspecified atom stereocenters. The second-order valence-corrected chi connectivity index (χ2v) is 8.96. The first kappa shape index (κ1) is 24.4. The minimum atomic E-state index is -1.22. The molecule has 0 bridgehead atoms. The van der Waals surface area contributed by atoms with Crippen LogP contribution < -0.4 is 15.8 Å². The van der Waals surface area contributed by atoms with Gasteiger partial charge in [-0.1, -0.05) is 60.7 Å². The molecule has 1 aliphatic carbocycles. The second-order valence-electron chi connectivity index (χ2n) is 8.96. The summed E-state index contributed by atoms with van der Waals surface area (Å²) in [6.07, 6.45) is -3.07. The van der Waals surface area contributed by atoms with Gasteiger partial charge in [0.25, 0.3) is 0 Å². The van der Waals surface area contributed by atoms with Gasteiger partial charge in [0, 0.05) is 18.2 Å². The van der Waals surface area contributed by atoms with Gasteiger partial charge in [0.1, 0.15) is 30.3 Å². The van der Waals surface area contributed by atoms with Gasteiger partial charge in [-0.2, -0.15) is 0 Å². The molecular formula is C30H28N2O5. The van der Waals surface area contributed by atoms with Crippen molar-refractivity contribution in [3.8, 4) is 22.6 Å².